The molecule has 0 atom stereocenters. The Kier molecular flexibility index (Phi) is 8.27. The van der Waals surface area contributed by atoms with E-state index in [9.17, 15) is 9.59 Å². The van der Waals surface area contributed by atoms with Gasteiger partial charge in [0.15, 0.2) is 0 Å². The van der Waals surface area contributed by atoms with Gasteiger partial charge in [0.2, 0.25) is 11.8 Å². The third-order valence-electron chi connectivity index (χ3n) is 5.55. The third-order valence-corrected chi connectivity index (χ3v) is 5.55. The highest BCUT2D eigenvalue weighted by atomic mass is 16.5. The minimum Gasteiger partial charge on any atom is -0.497 e. The van der Waals surface area contributed by atoms with Crippen LogP contribution >= 0.6 is 0 Å². The van der Waals surface area contributed by atoms with Crippen molar-refractivity contribution < 1.29 is 19.1 Å². The van der Waals surface area contributed by atoms with Gasteiger partial charge in [-0.1, -0.05) is 30.3 Å². The largest absolute Gasteiger partial charge is 0.497 e. The lowest BCUT2D eigenvalue weighted by Gasteiger charge is -2.27. The second-order valence-corrected chi connectivity index (χ2v) is 7.71. The number of fused-ring (bicyclic) bond motifs is 1. The quantitative estimate of drug-likeness (QED) is 0.500. The van der Waals surface area contributed by atoms with E-state index in [0.717, 1.165) is 27.8 Å². The Balaban J connectivity index is 1.75. The summed E-state index contributed by atoms with van der Waals surface area (Å²) in [6, 6.07) is 15.8. The summed E-state index contributed by atoms with van der Waals surface area (Å²) >= 11 is 0. The van der Waals surface area contributed by atoms with Crippen molar-refractivity contribution >= 4 is 22.7 Å². The maximum absolute atomic E-state index is 13.2. The number of H-pyrrole nitrogens is 1. The number of aromatic amines is 1. The van der Waals surface area contributed by atoms with Gasteiger partial charge < -0.3 is 24.3 Å². The molecule has 2 aromatic carbocycles. The van der Waals surface area contributed by atoms with Gasteiger partial charge in [-0.25, -0.2) is 0 Å². The number of nitrogens with zero attached hydrogens (tertiary/aromatic N) is 2. The first kappa shape index (κ1) is 23.3. The molecule has 2 amide bonds. The molecule has 0 aliphatic heterocycles. The number of methoxy groups -OCH3 is 2. The number of aromatic nitrogens is 1. The van der Waals surface area contributed by atoms with Gasteiger partial charge in [-0.05, 0) is 35.7 Å². The van der Waals surface area contributed by atoms with Crippen LogP contribution < -0.4 is 4.74 Å². The lowest BCUT2D eigenvalue weighted by Crippen LogP contribution is -2.43. The van der Waals surface area contributed by atoms with Crippen LogP contribution in [0.2, 0.25) is 0 Å². The summed E-state index contributed by atoms with van der Waals surface area (Å²) in [4.78, 5) is 31.9. The molecule has 1 aromatic heterocycles. The molecule has 0 saturated heterocycles. The summed E-state index contributed by atoms with van der Waals surface area (Å²) in [6.45, 7) is 3.28. The molecule has 0 aliphatic carbocycles. The van der Waals surface area contributed by atoms with E-state index in [1.165, 1.54) is 11.8 Å². The van der Waals surface area contributed by atoms with Gasteiger partial charge >= 0.3 is 0 Å². The van der Waals surface area contributed by atoms with Crippen molar-refractivity contribution in [2.75, 3.05) is 40.5 Å². The van der Waals surface area contributed by atoms with E-state index >= 15 is 0 Å². The first-order chi connectivity index (χ1) is 15.5. The standard InChI is InChI=1S/C25H31N3O4/c1-19(29)27(14-15-31-2)18-25(30)28(17-20-8-10-22(32-3)11-9-20)13-12-21-16-26-24-7-5-4-6-23(21)24/h4-11,16,26H,12-15,17-18H2,1-3H3. The molecule has 0 saturated carbocycles. The first-order valence-electron chi connectivity index (χ1n) is 10.7. The number of rotatable bonds is 11. The zero-order valence-electron chi connectivity index (χ0n) is 19.0. The molecule has 170 valence electrons. The second kappa shape index (κ2) is 11.3. The lowest BCUT2D eigenvalue weighted by atomic mass is 10.1. The van der Waals surface area contributed by atoms with E-state index in [4.69, 9.17) is 9.47 Å². The number of carbonyl (C=O) groups excluding carboxylic acids is 2. The summed E-state index contributed by atoms with van der Waals surface area (Å²) in [7, 11) is 3.21. The van der Waals surface area contributed by atoms with Crippen LogP contribution in [0.3, 0.4) is 0 Å². The molecule has 1 heterocycles. The second-order valence-electron chi connectivity index (χ2n) is 7.71. The van der Waals surface area contributed by atoms with Crippen molar-refractivity contribution in [2.45, 2.75) is 19.9 Å². The summed E-state index contributed by atoms with van der Waals surface area (Å²) < 4.78 is 10.3. The van der Waals surface area contributed by atoms with Crippen LogP contribution in [0.15, 0.2) is 54.7 Å². The number of carbonyl (C=O) groups is 2. The minimum absolute atomic E-state index is 0.0305. The Bertz CT molecular complexity index is 1030. The van der Waals surface area contributed by atoms with E-state index in [1.54, 1.807) is 14.2 Å². The highest BCUT2D eigenvalue weighted by Gasteiger charge is 2.20. The van der Waals surface area contributed by atoms with Crippen LogP contribution in [0, 0.1) is 0 Å². The van der Waals surface area contributed by atoms with E-state index in [0.29, 0.717) is 32.7 Å². The van der Waals surface area contributed by atoms with Gasteiger partial charge in [0.1, 0.15) is 5.75 Å². The molecule has 1 N–H and O–H groups in total. The smallest absolute Gasteiger partial charge is 0.242 e. The molecule has 7 nitrogen and oxygen atoms in total. The Morgan fingerprint density at radius 1 is 0.969 bits per heavy atom. The Hall–Kier alpha value is -3.32. The highest BCUT2D eigenvalue weighted by Crippen LogP contribution is 2.19. The Morgan fingerprint density at radius 3 is 2.41 bits per heavy atom. The molecule has 0 radical (unpaired) electrons. The molecular weight excluding hydrogens is 406 g/mol. The summed E-state index contributed by atoms with van der Waals surface area (Å²) in [5.74, 6) is 0.538. The zero-order chi connectivity index (χ0) is 22.9. The van der Waals surface area contributed by atoms with E-state index in [2.05, 4.69) is 11.1 Å². The van der Waals surface area contributed by atoms with E-state index < -0.39 is 0 Å². The monoisotopic (exact) mass is 437 g/mol. The number of hydrogen-bond donors (Lipinski definition) is 1. The number of para-hydroxylation sites is 1. The third kappa shape index (κ3) is 6.11. The number of hydrogen-bond acceptors (Lipinski definition) is 4. The van der Waals surface area contributed by atoms with Crippen molar-refractivity contribution in [1.82, 2.24) is 14.8 Å². The predicted octanol–water partition coefficient (Wildman–Crippen LogP) is 3.24. The molecule has 3 rings (SSSR count). The zero-order valence-corrected chi connectivity index (χ0v) is 19.0. The fraction of sp³-hybridized carbons (Fsp3) is 0.360. The maximum atomic E-state index is 13.2. The van der Waals surface area contributed by atoms with Gasteiger partial charge in [-0.15, -0.1) is 0 Å². The van der Waals surface area contributed by atoms with E-state index in [1.807, 2.05) is 53.6 Å². The molecule has 0 fully saturated rings. The molecule has 0 aliphatic rings. The summed E-state index contributed by atoms with van der Waals surface area (Å²) in [6.07, 6.45) is 2.71. The number of nitrogens with one attached hydrogen (secondary N) is 1. The van der Waals surface area contributed by atoms with Gasteiger partial charge in [-0.2, -0.15) is 0 Å². The first-order valence-corrected chi connectivity index (χ1v) is 10.7. The molecule has 3 aromatic rings. The van der Waals surface area contributed by atoms with Gasteiger partial charge in [0.05, 0.1) is 20.3 Å². The SMILES string of the molecule is COCCN(CC(=O)N(CCc1c[nH]c2ccccc12)Cc1ccc(OC)cc1)C(C)=O. The molecule has 7 heteroatoms. The summed E-state index contributed by atoms with van der Waals surface area (Å²) in [5.41, 5.74) is 3.25. The fourth-order valence-corrected chi connectivity index (χ4v) is 3.65. The highest BCUT2D eigenvalue weighted by molar-refractivity contribution is 5.84. The fourth-order valence-electron chi connectivity index (χ4n) is 3.65. The van der Waals surface area contributed by atoms with Gasteiger partial charge in [0, 0.05) is 50.8 Å². The number of amides is 2. The van der Waals surface area contributed by atoms with Crippen molar-refractivity contribution in [3.8, 4) is 5.75 Å². The van der Waals surface area contributed by atoms with Crippen molar-refractivity contribution in [3.63, 3.8) is 0 Å². The topological polar surface area (TPSA) is 74.9 Å². The Labute approximate surface area is 188 Å². The van der Waals surface area contributed by atoms with Crippen LogP contribution in [0.1, 0.15) is 18.1 Å². The normalized spacial score (nSPS) is 10.8. The van der Waals surface area contributed by atoms with Crippen molar-refractivity contribution in [3.05, 3.63) is 65.9 Å². The van der Waals surface area contributed by atoms with Crippen molar-refractivity contribution in [2.24, 2.45) is 0 Å². The van der Waals surface area contributed by atoms with E-state index in [-0.39, 0.29) is 18.4 Å². The average Bonchev–Trinajstić information content (AvgIpc) is 3.22. The van der Waals surface area contributed by atoms with Gasteiger partial charge in [-0.3, -0.25) is 9.59 Å². The van der Waals surface area contributed by atoms with Crippen LogP contribution in [0.25, 0.3) is 10.9 Å². The molecule has 0 bridgehead atoms. The molecule has 0 unspecified atom stereocenters. The van der Waals surface area contributed by atoms with Crippen LogP contribution in [-0.4, -0.2) is 67.1 Å². The lowest BCUT2D eigenvalue weighted by molar-refractivity contribution is -0.140. The van der Waals surface area contributed by atoms with Crippen LogP contribution in [0.5, 0.6) is 5.75 Å². The number of benzene rings is 2. The molecule has 0 spiro atoms. The van der Waals surface area contributed by atoms with Crippen LogP contribution in [-0.2, 0) is 27.3 Å². The number of ether oxygens (including phenoxy) is 2. The summed E-state index contributed by atoms with van der Waals surface area (Å²) in [5, 5.41) is 1.16. The molecular formula is C25H31N3O4. The molecule has 32 heavy (non-hydrogen) atoms. The average molecular weight is 438 g/mol. The van der Waals surface area contributed by atoms with Crippen LogP contribution in [0.4, 0.5) is 0 Å². The maximum Gasteiger partial charge on any atom is 0.242 e. The Morgan fingerprint density at radius 2 is 1.72 bits per heavy atom. The van der Waals surface area contributed by atoms with Gasteiger partial charge in [0.25, 0.3) is 0 Å². The minimum atomic E-state index is -0.142. The van der Waals surface area contributed by atoms with Crippen molar-refractivity contribution in [1.29, 1.82) is 0 Å². The predicted molar refractivity (Wildman–Crippen MR) is 125 cm³/mol.